The second kappa shape index (κ2) is 3.24. The third kappa shape index (κ3) is 1.54. The second-order valence-corrected chi connectivity index (χ2v) is 4.98. The van der Waals surface area contributed by atoms with Crippen LogP contribution in [0.1, 0.15) is 5.56 Å². The quantitative estimate of drug-likeness (QED) is 0.587. The first kappa shape index (κ1) is 8.91. The summed E-state index contributed by atoms with van der Waals surface area (Å²) < 4.78 is 11.6. The van der Waals surface area contributed by atoms with Crippen LogP contribution in [-0.2, 0) is 11.2 Å². The average molecular weight is 195 g/mol. The third-order valence-corrected chi connectivity index (χ3v) is 3.77. The number of fused-ring (bicyclic) bond motifs is 1. The van der Waals surface area contributed by atoms with Crippen LogP contribution < -0.4 is 4.90 Å². The molecule has 0 bridgehead atoms. The van der Waals surface area contributed by atoms with Gasteiger partial charge in [-0.05, 0) is 35.8 Å². The lowest BCUT2D eigenvalue weighted by atomic mass is 10.2. The van der Waals surface area contributed by atoms with Crippen LogP contribution in [-0.4, -0.2) is 23.9 Å². The van der Waals surface area contributed by atoms with Gasteiger partial charge < -0.3 is 9.45 Å². The minimum absolute atomic E-state index is 0.757. The van der Waals surface area contributed by atoms with E-state index in [1.165, 1.54) is 5.56 Å². The maximum Gasteiger partial charge on any atom is 0.176 e. The number of rotatable bonds is 0. The van der Waals surface area contributed by atoms with Gasteiger partial charge in [0, 0.05) is 7.05 Å². The van der Waals surface area contributed by atoms with E-state index in [1.54, 1.807) is 0 Å². The standard InChI is InChI=1S/C10H13NOS/c1-8-3-4-10-9(7-8)11(2)5-6-13(10)12/h3-4,7H,5-6H2,1-2H3. The zero-order chi connectivity index (χ0) is 9.42. The monoisotopic (exact) mass is 195 g/mol. The maximum atomic E-state index is 11.6. The highest BCUT2D eigenvalue weighted by Gasteiger charge is 2.24. The summed E-state index contributed by atoms with van der Waals surface area (Å²) in [5, 5.41) is 0. The smallest absolute Gasteiger partial charge is 0.176 e. The van der Waals surface area contributed by atoms with Crippen molar-refractivity contribution in [1.82, 2.24) is 0 Å². The first-order chi connectivity index (χ1) is 6.18. The van der Waals surface area contributed by atoms with Gasteiger partial charge in [-0.3, -0.25) is 0 Å². The Bertz CT molecular complexity index is 327. The highest BCUT2D eigenvalue weighted by Crippen LogP contribution is 2.29. The molecule has 0 radical (unpaired) electrons. The molecule has 1 aliphatic rings. The molecule has 1 heterocycles. The van der Waals surface area contributed by atoms with Gasteiger partial charge in [0.1, 0.15) is 5.75 Å². The van der Waals surface area contributed by atoms with E-state index in [2.05, 4.69) is 24.9 Å². The minimum Gasteiger partial charge on any atom is -0.611 e. The highest BCUT2D eigenvalue weighted by molar-refractivity contribution is 7.91. The van der Waals surface area contributed by atoms with Gasteiger partial charge in [0.15, 0.2) is 4.90 Å². The van der Waals surface area contributed by atoms with Crippen molar-refractivity contribution in [3.63, 3.8) is 0 Å². The molecule has 1 atom stereocenters. The number of hydrogen-bond donors (Lipinski definition) is 0. The van der Waals surface area contributed by atoms with E-state index in [1.807, 2.05) is 12.1 Å². The van der Waals surface area contributed by atoms with E-state index in [-0.39, 0.29) is 0 Å². The van der Waals surface area contributed by atoms with Crippen molar-refractivity contribution < 1.29 is 4.55 Å². The van der Waals surface area contributed by atoms with Gasteiger partial charge in [0.2, 0.25) is 0 Å². The molecule has 0 saturated carbocycles. The fourth-order valence-corrected chi connectivity index (χ4v) is 2.90. The van der Waals surface area contributed by atoms with Crippen molar-refractivity contribution >= 4 is 16.9 Å². The second-order valence-electron chi connectivity index (χ2n) is 3.44. The normalized spacial score (nSPS) is 21.5. The molecule has 70 valence electrons. The molecular weight excluding hydrogens is 182 g/mol. The van der Waals surface area contributed by atoms with Crippen molar-refractivity contribution in [1.29, 1.82) is 0 Å². The Balaban J connectivity index is 2.50. The van der Waals surface area contributed by atoms with Crippen molar-refractivity contribution in [3.05, 3.63) is 23.8 Å². The van der Waals surface area contributed by atoms with Crippen LogP contribution >= 0.6 is 0 Å². The van der Waals surface area contributed by atoms with Gasteiger partial charge in [0.25, 0.3) is 0 Å². The fraction of sp³-hybridized carbons (Fsp3) is 0.400. The molecule has 0 fully saturated rings. The SMILES string of the molecule is Cc1ccc2c(c1)N(C)CC[S+]2[O-]. The van der Waals surface area contributed by atoms with E-state index in [9.17, 15) is 4.55 Å². The molecule has 1 unspecified atom stereocenters. The van der Waals surface area contributed by atoms with E-state index in [4.69, 9.17) is 0 Å². The van der Waals surface area contributed by atoms with Gasteiger partial charge in [0.05, 0.1) is 12.2 Å². The summed E-state index contributed by atoms with van der Waals surface area (Å²) in [4.78, 5) is 3.16. The molecule has 1 aromatic carbocycles. The van der Waals surface area contributed by atoms with Crippen molar-refractivity contribution in [3.8, 4) is 0 Å². The van der Waals surface area contributed by atoms with Crippen molar-refractivity contribution in [2.24, 2.45) is 0 Å². The lowest BCUT2D eigenvalue weighted by Gasteiger charge is -2.28. The Morgan fingerprint density at radius 1 is 1.46 bits per heavy atom. The van der Waals surface area contributed by atoms with E-state index >= 15 is 0 Å². The minimum atomic E-state index is -0.786. The molecule has 0 N–H and O–H groups in total. The lowest BCUT2D eigenvalue weighted by molar-refractivity contribution is 0.590. The van der Waals surface area contributed by atoms with Gasteiger partial charge in [-0.15, -0.1) is 0 Å². The number of nitrogens with zero attached hydrogens (tertiary/aromatic N) is 1. The van der Waals surface area contributed by atoms with Gasteiger partial charge in [-0.2, -0.15) is 0 Å². The molecule has 0 saturated heterocycles. The molecular formula is C10H13NOS. The van der Waals surface area contributed by atoms with Gasteiger partial charge in [-0.1, -0.05) is 6.07 Å². The summed E-state index contributed by atoms with van der Waals surface area (Å²) in [6.45, 7) is 2.95. The fourth-order valence-electron chi connectivity index (χ4n) is 1.57. The number of hydrogen-bond acceptors (Lipinski definition) is 2. The predicted molar refractivity (Wildman–Crippen MR) is 55.7 cm³/mol. The van der Waals surface area contributed by atoms with Crippen molar-refractivity contribution in [2.45, 2.75) is 11.8 Å². The van der Waals surface area contributed by atoms with Gasteiger partial charge >= 0.3 is 0 Å². The van der Waals surface area contributed by atoms with Crippen LogP contribution in [0.3, 0.4) is 0 Å². The third-order valence-electron chi connectivity index (χ3n) is 2.38. The topological polar surface area (TPSA) is 26.3 Å². The molecule has 2 nitrogen and oxygen atoms in total. The average Bonchev–Trinajstić information content (AvgIpc) is 2.12. The summed E-state index contributed by atoms with van der Waals surface area (Å²) in [5.74, 6) is 0.757. The Kier molecular flexibility index (Phi) is 2.22. The lowest BCUT2D eigenvalue weighted by Crippen LogP contribution is -2.32. The largest absolute Gasteiger partial charge is 0.611 e. The Morgan fingerprint density at radius 2 is 2.23 bits per heavy atom. The number of benzene rings is 1. The molecule has 1 aromatic rings. The molecule has 1 aliphatic heterocycles. The molecule has 3 heteroatoms. The van der Waals surface area contributed by atoms with Crippen LogP contribution in [0.4, 0.5) is 5.69 Å². The molecule has 0 aromatic heterocycles. The zero-order valence-electron chi connectivity index (χ0n) is 7.91. The summed E-state index contributed by atoms with van der Waals surface area (Å²) in [6.07, 6.45) is 0. The Hall–Kier alpha value is -0.670. The Morgan fingerprint density at radius 3 is 3.00 bits per heavy atom. The zero-order valence-corrected chi connectivity index (χ0v) is 8.73. The van der Waals surface area contributed by atoms with E-state index < -0.39 is 11.2 Å². The highest BCUT2D eigenvalue weighted by atomic mass is 32.2. The van der Waals surface area contributed by atoms with Crippen molar-refractivity contribution in [2.75, 3.05) is 24.2 Å². The predicted octanol–water partition coefficient (Wildman–Crippen LogP) is 1.55. The molecule has 0 amide bonds. The number of anilines is 1. The van der Waals surface area contributed by atoms with Crippen LogP contribution in [0.5, 0.6) is 0 Å². The molecule has 13 heavy (non-hydrogen) atoms. The summed E-state index contributed by atoms with van der Waals surface area (Å²) >= 11 is -0.786. The summed E-state index contributed by atoms with van der Waals surface area (Å²) in [5.41, 5.74) is 2.36. The number of aryl methyl sites for hydroxylation is 1. The van der Waals surface area contributed by atoms with Crippen LogP contribution in [0.15, 0.2) is 23.1 Å². The van der Waals surface area contributed by atoms with E-state index in [0.717, 1.165) is 22.9 Å². The summed E-state index contributed by atoms with van der Waals surface area (Å²) in [6, 6.07) is 6.11. The molecule has 2 rings (SSSR count). The van der Waals surface area contributed by atoms with E-state index in [0.29, 0.717) is 0 Å². The first-order valence-corrected chi connectivity index (χ1v) is 5.70. The molecule has 0 spiro atoms. The molecule has 0 aliphatic carbocycles. The maximum absolute atomic E-state index is 11.6. The van der Waals surface area contributed by atoms with Crippen LogP contribution in [0.25, 0.3) is 0 Å². The van der Waals surface area contributed by atoms with Crippen LogP contribution in [0, 0.1) is 6.92 Å². The van der Waals surface area contributed by atoms with Crippen LogP contribution in [0.2, 0.25) is 0 Å². The first-order valence-electron chi connectivity index (χ1n) is 4.38. The Labute approximate surface area is 81.7 Å². The summed E-state index contributed by atoms with van der Waals surface area (Å²) in [7, 11) is 2.05. The van der Waals surface area contributed by atoms with Gasteiger partial charge in [-0.25, -0.2) is 0 Å².